The molecule has 1 fully saturated rings. The first kappa shape index (κ1) is 17.9. The standard InChI is InChI=1S/C5H4BrFI2O4P2S2/c6-5(7)3(13-17(9)15)2(12-4(5)10)1-11-16(8)14/h2-3H,1H2/q-2/t2-,3-,5-/m1/s1. The molecule has 0 aromatic rings. The minimum atomic E-state index is -2.36. The Kier molecular flexibility index (Phi) is 8.12. The van der Waals surface area contributed by atoms with Gasteiger partial charge in [0, 0.05) is 0 Å². The van der Waals surface area contributed by atoms with Crippen LogP contribution < -0.4 is 0 Å². The number of hydrogen-bond acceptors (Lipinski definition) is 6. The van der Waals surface area contributed by atoms with Crippen molar-refractivity contribution in [2.75, 3.05) is 6.61 Å². The zero-order valence-electron chi connectivity index (χ0n) is 7.72. The van der Waals surface area contributed by atoms with Gasteiger partial charge in [-0.2, -0.15) is 0 Å². The molecule has 4 nitrogen and oxygen atoms in total. The van der Waals surface area contributed by atoms with Crippen LogP contribution in [0, 0.1) is 0 Å². The quantitative estimate of drug-likeness (QED) is 0.161. The summed E-state index contributed by atoms with van der Waals surface area (Å²) in [6.07, 6.45) is -1.92. The summed E-state index contributed by atoms with van der Waals surface area (Å²) in [6.45, 7) is 0.0187. The maximum atomic E-state index is 14.0. The average molecular weight is 607 g/mol. The number of hydrogen-bond donors (Lipinski definition) is 0. The number of halogens is 4. The van der Waals surface area contributed by atoms with E-state index >= 15 is 0 Å². The first-order chi connectivity index (χ1) is 7.75. The van der Waals surface area contributed by atoms with E-state index in [-0.39, 0.29) is 6.61 Å². The van der Waals surface area contributed by atoms with Crippen LogP contribution in [0.5, 0.6) is 0 Å². The molecule has 17 heavy (non-hydrogen) atoms. The van der Waals surface area contributed by atoms with Crippen LogP contribution in [0.2, 0.25) is 0 Å². The Morgan fingerprint density at radius 1 is 1.53 bits per heavy atom. The summed E-state index contributed by atoms with van der Waals surface area (Å²) in [5, 5.41) is 0. The molecule has 0 saturated carbocycles. The summed E-state index contributed by atoms with van der Waals surface area (Å²) in [5.41, 5.74) is 0. The van der Waals surface area contributed by atoms with E-state index in [0.717, 1.165) is 0 Å². The number of alkyl halides is 2. The molecule has 100 valence electrons. The summed E-state index contributed by atoms with van der Waals surface area (Å²) >= 11 is 6.49. The number of carbonyl (C=O) groups is 1. The van der Waals surface area contributed by atoms with E-state index in [1.54, 1.807) is 0 Å². The molecular weight excluding hydrogens is 603 g/mol. The molecule has 0 bridgehead atoms. The monoisotopic (exact) mass is 606 g/mol. The third-order valence-corrected chi connectivity index (χ3v) is 5.17. The Morgan fingerprint density at radius 3 is 2.59 bits per heavy atom. The Bertz CT molecular complexity index is 460. The number of rotatable bonds is 3. The second-order valence-electron chi connectivity index (χ2n) is 2.78. The molecule has 0 radical (unpaired) electrons. The van der Waals surface area contributed by atoms with E-state index in [1.807, 2.05) is 42.4 Å². The summed E-state index contributed by atoms with van der Waals surface area (Å²) in [5.74, 6) is -1.02. The second kappa shape index (κ2) is 7.72. The molecule has 0 aromatic heterocycles. The molecule has 0 unspecified atom stereocenters. The Hall–Kier alpha value is 2.82. The third-order valence-electron chi connectivity index (χ3n) is 1.74. The summed E-state index contributed by atoms with van der Waals surface area (Å²) < 4.78 is 27.0. The van der Waals surface area contributed by atoms with E-state index in [9.17, 15) is 9.18 Å². The van der Waals surface area contributed by atoms with Gasteiger partial charge in [0.1, 0.15) is 0 Å². The third kappa shape index (κ3) is 5.26. The number of carbonyl (C=O) groups excluding carboxylic acids is 1. The van der Waals surface area contributed by atoms with Crippen LogP contribution >= 0.6 is 74.0 Å². The molecule has 12 heteroatoms. The number of esters is 1. The molecular formula is C5H4BrFI2O4P2S2-2. The Labute approximate surface area is 138 Å². The molecule has 0 amide bonds. The molecule has 0 spiro atoms. The van der Waals surface area contributed by atoms with Gasteiger partial charge in [0.15, 0.2) is 0 Å². The second-order valence-corrected chi connectivity index (χ2v) is 16.2. The normalized spacial score (nSPS) is 33.3. The van der Waals surface area contributed by atoms with Gasteiger partial charge in [0.05, 0.1) is 0 Å². The van der Waals surface area contributed by atoms with Crippen molar-refractivity contribution in [1.29, 1.82) is 0 Å². The van der Waals surface area contributed by atoms with Crippen molar-refractivity contribution in [3.63, 3.8) is 0 Å². The SMILES string of the molecule is O=C1O[C@H](CO[S-](#P)I)[C@@H](O[S-](#P)I)[C@]1(F)Br. The average Bonchev–Trinajstić information content (AvgIpc) is 2.38. The van der Waals surface area contributed by atoms with Crippen molar-refractivity contribution in [1.82, 2.24) is 0 Å². The van der Waals surface area contributed by atoms with Crippen LogP contribution in [-0.4, -0.2) is 29.4 Å². The van der Waals surface area contributed by atoms with Gasteiger partial charge in [0.2, 0.25) is 0 Å². The Morgan fingerprint density at radius 2 is 2.12 bits per heavy atom. The van der Waals surface area contributed by atoms with Gasteiger partial charge in [-0.15, -0.1) is 0 Å². The van der Waals surface area contributed by atoms with Crippen molar-refractivity contribution in [3.05, 3.63) is 0 Å². The Balaban J connectivity index is 2.80. The zero-order chi connectivity index (χ0) is 13.2. The first-order valence-corrected chi connectivity index (χ1v) is 14.1. The first-order valence-electron chi connectivity index (χ1n) is 3.83. The molecule has 0 aliphatic carbocycles. The van der Waals surface area contributed by atoms with Crippen molar-refractivity contribution in [2.24, 2.45) is 0 Å². The van der Waals surface area contributed by atoms with E-state index in [4.69, 9.17) is 13.1 Å². The van der Waals surface area contributed by atoms with E-state index in [0.29, 0.717) is 0 Å². The fourth-order valence-corrected chi connectivity index (χ4v) is 3.93. The molecule has 1 rings (SSSR count). The van der Waals surface area contributed by atoms with E-state index in [2.05, 4.69) is 31.6 Å². The van der Waals surface area contributed by atoms with Gasteiger partial charge in [-0.05, 0) is 0 Å². The van der Waals surface area contributed by atoms with Crippen LogP contribution in [0.1, 0.15) is 0 Å². The summed E-state index contributed by atoms with van der Waals surface area (Å²) in [4.78, 5) is 11.3. The molecule has 1 aliphatic heterocycles. The fraction of sp³-hybridized carbons (Fsp3) is 0.800. The minimum absolute atomic E-state index is 0.0187. The zero-order valence-corrected chi connectivity index (χ0v) is 17.0. The summed E-state index contributed by atoms with van der Waals surface area (Å²) in [7, 11) is 6.61. The fourth-order valence-electron chi connectivity index (χ4n) is 1.08. The van der Waals surface area contributed by atoms with Gasteiger partial charge in [-0.25, -0.2) is 0 Å². The number of cyclic esters (lactones) is 1. The van der Waals surface area contributed by atoms with Gasteiger partial charge >= 0.3 is 140 Å². The van der Waals surface area contributed by atoms with Crippen molar-refractivity contribution in [2.45, 2.75) is 16.8 Å². The van der Waals surface area contributed by atoms with Crippen LogP contribution in [0.25, 0.3) is 0 Å². The topological polar surface area (TPSA) is 44.8 Å². The van der Waals surface area contributed by atoms with Gasteiger partial charge in [-0.1, -0.05) is 0 Å². The van der Waals surface area contributed by atoms with Crippen LogP contribution in [0.4, 0.5) is 4.39 Å². The number of ether oxygens (including phenoxy) is 1. The van der Waals surface area contributed by atoms with Crippen LogP contribution in [0.3, 0.4) is 0 Å². The molecule has 0 N–H and O–H groups in total. The maximum absolute atomic E-state index is 14.0. The van der Waals surface area contributed by atoms with E-state index < -0.39 is 37.4 Å². The van der Waals surface area contributed by atoms with Crippen molar-refractivity contribution >= 4 is 94.6 Å². The molecule has 1 heterocycles. The predicted molar refractivity (Wildman–Crippen MR) is 90.1 cm³/mol. The molecule has 1 saturated heterocycles. The predicted octanol–water partition coefficient (Wildman–Crippen LogP) is 3.79. The molecule has 3 atom stereocenters. The van der Waals surface area contributed by atoms with Crippen LogP contribution in [-0.2, 0) is 32.5 Å². The van der Waals surface area contributed by atoms with Gasteiger partial charge in [0.25, 0.3) is 0 Å². The van der Waals surface area contributed by atoms with Crippen molar-refractivity contribution in [3.8, 4) is 0 Å². The molecule has 0 aromatic carbocycles. The molecule has 1 aliphatic rings. The van der Waals surface area contributed by atoms with Gasteiger partial charge in [-0.3, -0.25) is 0 Å². The van der Waals surface area contributed by atoms with Crippen LogP contribution in [0.15, 0.2) is 0 Å². The van der Waals surface area contributed by atoms with Gasteiger partial charge < -0.3 is 0 Å². The van der Waals surface area contributed by atoms with E-state index in [1.165, 1.54) is 0 Å². The summed E-state index contributed by atoms with van der Waals surface area (Å²) in [6, 6.07) is 0. The van der Waals surface area contributed by atoms with Crippen molar-refractivity contribution < 1.29 is 22.3 Å².